The largest absolute Gasteiger partial charge is 0.469 e. The standard InChI is InChI=1S/C15H17FN2OS/c1-10-12(3-4-19-10)9-18(2)8-11-5-13(15(17)20)7-14(16)6-11/h3-7H,8-9H2,1-2H3,(H2,17,20). The second-order valence-corrected chi connectivity index (χ2v) is 5.33. The molecule has 20 heavy (non-hydrogen) atoms. The number of halogens is 1. The van der Waals surface area contributed by atoms with E-state index in [0.29, 0.717) is 12.1 Å². The van der Waals surface area contributed by atoms with E-state index in [9.17, 15) is 4.39 Å². The molecule has 0 aliphatic heterocycles. The van der Waals surface area contributed by atoms with Crippen LogP contribution in [-0.4, -0.2) is 16.9 Å². The number of rotatable bonds is 5. The lowest BCUT2D eigenvalue weighted by Crippen LogP contribution is -2.18. The summed E-state index contributed by atoms with van der Waals surface area (Å²) in [5, 5.41) is 0. The summed E-state index contributed by atoms with van der Waals surface area (Å²) in [5.74, 6) is 0.582. The van der Waals surface area contributed by atoms with Crippen LogP contribution in [0.25, 0.3) is 0 Å². The smallest absolute Gasteiger partial charge is 0.124 e. The molecule has 3 nitrogen and oxygen atoms in total. The monoisotopic (exact) mass is 292 g/mol. The van der Waals surface area contributed by atoms with Gasteiger partial charge < -0.3 is 10.2 Å². The summed E-state index contributed by atoms with van der Waals surface area (Å²) < 4.78 is 18.8. The molecule has 0 spiro atoms. The zero-order chi connectivity index (χ0) is 14.7. The minimum Gasteiger partial charge on any atom is -0.469 e. The van der Waals surface area contributed by atoms with Crippen LogP contribution >= 0.6 is 12.2 Å². The first-order chi connectivity index (χ1) is 9.45. The predicted molar refractivity (Wildman–Crippen MR) is 80.9 cm³/mol. The molecule has 0 radical (unpaired) electrons. The Kier molecular flexibility index (Phi) is 4.52. The lowest BCUT2D eigenvalue weighted by molar-refractivity contribution is 0.316. The van der Waals surface area contributed by atoms with Crippen LogP contribution in [-0.2, 0) is 13.1 Å². The Morgan fingerprint density at radius 1 is 1.35 bits per heavy atom. The molecule has 2 N–H and O–H groups in total. The Labute approximate surface area is 123 Å². The van der Waals surface area contributed by atoms with Gasteiger partial charge in [-0.3, -0.25) is 4.90 Å². The van der Waals surface area contributed by atoms with Gasteiger partial charge in [0.05, 0.1) is 6.26 Å². The second-order valence-electron chi connectivity index (χ2n) is 4.89. The van der Waals surface area contributed by atoms with Gasteiger partial charge in [-0.15, -0.1) is 0 Å². The SMILES string of the molecule is Cc1occc1CN(C)Cc1cc(F)cc(C(N)=S)c1. The molecule has 2 aromatic rings. The lowest BCUT2D eigenvalue weighted by Gasteiger charge is -2.17. The van der Waals surface area contributed by atoms with Crippen molar-refractivity contribution < 1.29 is 8.81 Å². The summed E-state index contributed by atoms with van der Waals surface area (Å²) in [5.41, 5.74) is 8.08. The third-order valence-corrected chi connectivity index (χ3v) is 3.34. The zero-order valence-electron chi connectivity index (χ0n) is 11.5. The van der Waals surface area contributed by atoms with Crippen LogP contribution in [0, 0.1) is 12.7 Å². The molecule has 0 bridgehead atoms. The van der Waals surface area contributed by atoms with Gasteiger partial charge in [0.15, 0.2) is 0 Å². The van der Waals surface area contributed by atoms with E-state index in [4.69, 9.17) is 22.4 Å². The van der Waals surface area contributed by atoms with Crippen molar-refractivity contribution in [3.63, 3.8) is 0 Å². The molecule has 0 saturated heterocycles. The number of benzene rings is 1. The van der Waals surface area contributed by atoms with Crippen molar-refractivity contribution >= 4 is 17.2 Å². The van der Waals surface area contributed by atoms with Crippen LogP contribution in [0.1, 0.15) is 22.5 Å². The quantitative estimate of drug-likeness (QED) is 0.860. The molecule has 0 fully saturated rings. The molecule has 0 amide bonds. The van der Waals surface area contributed by atoms with Crippen molar-refractivity contribution in [2.75, 3.05) is 7.05 Å². The summed E-state index contributed by atoms with van der Waals surface area (Å²) in [6.45, 7) is 3.27. The van der Waals surface area contributed by atoms with Crippen molar-refractivity contribution in [1.29, 1.82) is 0 Å². The van der Waals surface area contributed by atoms with Gasteiger partial charge in [0.2, 0.25) is 0 Å². The van der Waals surface area contributed by atoms with E-state index in [0.717, 1.165) is 23.4 Å². The summed E-state index contributed by atoms with van der Waals surface area (Å²) >= 11 is 4.89. The Morgan fingerprint density at radius 2 is 2.10 bits per heavy atom. The lowest BCUT2D eigenvalue weighted by atomic mass is 10.1. The fourth-order valence-corrected chi connectivity index (χ4v) is 2.24. The van der Waals surface area contributed by atoms with Crippen LogP contribution in [0.2, 0.25) is 0 Å². The molecule has 0 unspecified atom stereocenters. The fraction of sp³-hybridized carbons (Fsp3) is 0.267. The van der Waals surface area contributed by atoms with Crippen LogP contribution < -0.4 is 5.73 Å². The number of hydrogen-bond donors (Lipinski definition) is 1. The molecule has 106 valence electrons. The average Bonchev–Trinajstić information content (AvgIpc) is 2.74. The minimum absolute atomic E-state index is 0.207. The predicted octanol–water partition coefficient (Wildman–Crippen LogP) is 2.99. The molecular weight excluding hydrogens is 275 g/mol. The van der Waals surface area contributed by atoms with E-state index in [1.54, 1.807) is 6.26 Å². The Hall–Kier alpha value is -1.72. The Bertz CT molecular complexity index is 624. The van der Waals surface area contributed by atoms with Crippen molar-refractivity contribution in [3.8, 4) is 0 Å². The number of furan rings is 1. The number of hydrogen-bond acceptors (Lipinski definition) is 3. The first kappa shape index (κ1) is 14.7. The van der Waals surface area contributed by atoms with E-state index in [1.165, 1.54) is 12.1 Å². The molecule has 5 heteroatoms. The summed E-state index contributed by atoms with van der Waals surface area (Å²) in [7, 11) is 1.97. The molecule has 1 aromatic carbocycles. The molecule has 0 aliphatic rings. The van der Waals surface area contributed by atoms with Crippen molar-refractivity contribution in [2.24, 2.45) is 5.73 Å². The maximum atomic E-state index is 13.5. The third kappa shape index (κ3) is 3.65. The molecule has 2 rings (SSSR count). The van der Waals surface area contributed by atoms with Crippen molar-refractivity contribution in [3.05, 3.63) is 58.8 Å². The number of aryl methyl sites for hydroxylation is 1. The molecule has 0 aliphatic carbocycles. The number of thiocarbonyl (C=S) groups is 1. The molecular formula is C15H17FN2OS. The van der Waals surface area contributed by atoms with Crippen LogP contribution in [0.5, 0.6) is 0 Å². The van der Waals surface area contributed by atoms with Gasteiger partial charge in [-0.1, -0.05) is 12.2 Å². The second kappa shape index (κ2) is 6.15. The van der Waals surface area contributed by atoms with Crippen LogP contribution in [0.3, 0.4) is 0 Å². The molecule has 0 saturated carbocycles. The van der Waals surface area contributed by atoms with Gasteiger partial charge >= 0.3 is 0 Å². The first-order valence-electron chi connectivity index (χ1n) is 6.26. The summed E-state index contributed by atoms with van der Waals surface area (Å²) in [6, 6.07) is 6.62. The molecule has 1 heterocycles. The van der Waals surface area contributed by atoms with E-state index in [1.807, 2.05) is 26.1 Å². The normalized spacial score (nSPS) is 11.0. The summed E-state index contributed by atoms with van der Waals surface area (Å²) in [6.07, 6.45) is 1.67. The zero-order valence-corrected chi connectivity index (χ0v) is 12.3. The fourth-order valence-electron chi connectivity index (χ4n) is 2.12. The van der Waals surface area contributed by atoms with Gasteiger partial charge in [-0.05, 0) is 43.8 Å². The summed E-state index contributed by atoms with van der Waals surface area (Å²) in [4.78, 5) is 2.29. The van der Waals surface area contributed by atoms with Gasteiger partial charge in [0.1, 0.15) is 16.6 Å². The van der Waals surface area contributed by atoms with E-state index in [-0.39, 0.29) is 10.8 Å². The average molecular weight is 292 g/mol. The van der Waals surface area contributed by atoms with Gasteiger partial charge in [-0.25, -0.2) is 4.39 Å². The Morgan fingerprint density at radius 3 is 2.70 bits per heavy atom. The van der Waals surface area contributed by atoms with E-state index >= 15 is 0 Å². The Balaban J connectivity index is 2.09. The minimum atomic E-state index is -0.321. The highest BCUT2D eigenvalue weighted by Crippen LogP contribution is 2.15. The first-order valence-corrected chi connectivity index (χ1v) is 6.67. The highest BCUT2D eigenvalue weighted by Gasteiger charge is 2.08. The number of nitrogens with two attached hydrogens (primary N) is 1. The number of nitrogens with zero attached hydrogens (tertiary/aromatic N) is 1. The topological polar surface area (TPSA) is 42.4 Å². The third-order valence-electron chi connectivity index (χ3n) is 3.10. The molecule has 0 atom stereocenters. The maximum Gasteiger partial charge on any atom is 0.124 e. The molecule has 1 aromatic heterocycles. The van der Waals surface area contributed by atoms with Crippen molar-refractivity contribution in [2.45, 2.75) is 20.0 Å². The van der Waals surface area contributed by atoms with Crippen LogP contribution in [0.4, 0.5) is 4.39 Å². The van der Waals surface area contributed by atoms with Gasteiger partial charge in [0, 0.05) is 24.2 Å². The van der Waals surface area contributed by atoms with Gasteiger partial charge in [0.25, 0.3) is 0 Å². The van der Waals surface area contributed by atoms with Gasteiger partial charge in [-0.2, -0.15) is 0 Å². The van der Waals surface area contributed by atoms with Crippen molar-refractivity contribution in [1.82, 2.24) is 4.90 Å². The van der Waals surface area contributed by atoms with E-state index < -0.39 is 0 Å². The van der Waals surface area contributed by atoms with E-state index in [2.05, 4.69) is 4.90 Å². The highest BCUT2D eigenvalue weighted by atomic mass is 32.1. The van der Waals surface area contributed by atoms with Crippen LogP contribution in [0.15, 0.2) is 34.9 Å². The highest BCUT2D eigenvalue weighted by molar-refractivity contribution is 7.80. The maximum absolute atomic E-state index is 13.5.